The van der Waals surface area contributed by atoms with E-state index in [0.29, 0.717) is 22.7 Å². The van der Waals surface area contributed by atoms with Crippen molar-refractivity contribution in [3.63, 3.8) is 0 Å². The van der Waals surface area contributed by atoms with Gasteiger partial charge in [-0.25, -0.2) is 9.37 Å². The van der Waals surface area contributed by atoms with E-state index in [2.05, 4.69) is 4.57 Å². The zero-order valence-electron chi connectivity index (χ0n) is 26.5. The van der Waals surface area contributed by atoms with Crippen molar-refractivity contribution in [2.24, 2.45) is 0 Å². The Morgan fingerprint density at radius 3 is 2.43 bits per heavy atom. The van der Waals surface area contributed by atoms with Gasteiger partial charge in [-0.2, -0.15) is 0 Å². The van der Waals surface area contributed by atoms with E-state index in [9.17, 15) is 5.11 Å². The molecule has 0 unspecified atom stereocenters. The molecule has 4 aromatic rings. The van der Waals surface area contributed by atoms with Crippen LogP contribution in [-0.4, -0.2) is 51.7 Å². The smallest absolute Gasteiger partial charge is 0.464 e. The van der Waals surface area contributed by atoms with E-state index in [4.69, 9.17) is 23.7 Å². The highest BCUT2D eigenvalue weighted by atomic mass is 32.1. The first-order valence-electron chi connectivity index (χ1n) is 15.2. The molecule has 1 radical (unpaired) electrons. The molecule has 11 heteroatoms. The molecular weight excluding hydrogens is 577 g/mol. The van der Waals surface area contributed by atoms with Gasteiger partial charge in [0.25, 0.3) is 0 Å². The second-order valence-corrected chi connectivity index (χ2v) is 15.4. The quantitative estimate of drug-likeness (QED) is 0.264. The van der Waals surface area contributed by atoms with E-state index >= 15 is 4.39 Å². The van der Waals surface area contributed by atoms with E-state index in [1.807, 2.05) is 78.1 Å². The summed E-state index contributed by atoms with van der Waals surface area (Å²) >= 11 is 1.66. The van der Waals surface area contributed by atoms with Gasteiger partial charge in [0, 0.05) is 12.1 Å². The molecule has 4 heterocycles. The summed E-state index contributed by atoms with van der Waals surface area (Å²) in [6, 6.07) is 11.3. The van der Waals surface area contributed by atoms with Gasteiger partial charge in [0.05, 0.1) is 49.1 Å². The fraction of sp³-hybridized carbons (Fsp3) is 0.485. The van der Waals surface area contributed by atoms with Crippen molar-refractivity contribution in [3.8, 4) is 17.0 Å². The number of hydrogen-bond donors (Lipinski definition) is 1. The van der Waals surface area contributed by atoms with Crippen molar-refractivity contribution in [1.29, 1.82) is 0 Å². The third kappa shape index (κ3) is 4.92. The highest BCUT2D eigenvalue weighted by Crippen LogP contribution is 2.48. The predicted molar refractivity (Wildman–Crippen MR) is 173 cm³/mol. The molecule has 2 aromatic heterocycles. The monoisotopic (exact) mass is 615 g/mol. The van der Waals surface area contributed by atoms with Crippen molar-refractivity contribution >= 4 is 47.8 Å². The van der Waals surface area contributed by atoms with Crippen LogP contribution in [0.4, 0.5) is 4.39 Å². The Morgan fingerprint density at radius 2 is 1.77 bits per heavy atom. The number of thiazole rings is 1. The minimum Gasteiger partial charge on any atom is -0.464 e. The lowest BCUT2D eigenvalue weighted by atomic mass is 9.78. The summed E-state index contributed by atoms with van der Waals surface area (Å²) in [7, 11) is 0.948. The van der Waals surface area contributed by atoms with Crippen LogP contribution in [0.3, 0.4) is 0 Å². The first-order chi connectivity index (χ1) is 20.5. The van der Waals surface area contributed by atoms with Gasteiger partial charge in [-0.05, 0) is 103 Å². The van der Waals surface area contributed by atoms with Gasteiger partial charge < -0.3 is 23.8 Å². The van der Waals surface area contributed by atoms with Crippen molar-refractivity contribution in [3.05, 3.63) is 58.3 Å². The standard InChI is InChI=1S/C33H38B2FN2O5S/c1-30(2,39)31(3,4)41-34-20-11-12-23-19(13-20)14-24-27-22(36)15-21(35-42-32(5,6)33(7,8)43-35)16-25(27)40-29(38(23)24)26-17-37-28(44-26)18-9-10-18/h11-18,29,39H,9-10H2,1-8H3/t29-/m0/s1. The van der Waals surface area contributed by atoms with E-state index in [0.717, 1.165) is 44.8 Å². The maximum absolute atomic E-state index is 16.2. The summed E-state index contributed by atoms with van der Waals surface area (Å²) in [4.78, 5) is 5.69. The van der Waals surface area contributed by atoms with E-state index in [-0.39, 0.29) is 0 Å². The predicted octanol–water partition coefficient (Wildman–Crippen LogP) is 5.83. The summed E-state index contributed by atoms with van der Waals surface area (Å²) < 4.78 is 43.5. The van der Waals surface area contributed by atoms with Crippen LogP contribution in [0.15, 0.2) is 42.6 Å². The van der Waals surface area contributed by atoms with Crippen LogP contribution in [-0.2, 0) is 14.0 Å². The van der Waals surface area contributed by atoms with Crippen LogP contribution in [0, 0.1) is 5.82 Å². The van der Waals surface area contributed by atoms with Crippen LogP contribution in [0.5, 0.6) is 5.75 Å². The molecule has 1 N–H and O–H groups in total. The fourth-order valence-electron chi connectivity index (χ4n) is 5.48. The molecule has 1 saturated carbocycles. The van der Waals surface area contributed by atoms with Gasteiger partial charge in [0.15, 0.2) is 0 Å². The number of ether oxygens (including phenoxy) is 1. The van der Waals surface area contributed by atoms with Crippen LogP contribution in [0.2, 0.25) is 0 Å². The second kappa shape index (κ2) is 9.90. The number of fused-ring (bicyclic) bond motifs is 5. The summed E-state index contributed by atoms with van der Waals surface area (Å²) in [6.07, 6.45) is 3.70. The van der Waals surface area contributed by atoms with E-state index in [1.165, 1.54) is 6.07 Å². The topological polar surface area (TPSA) is 75.0 Å². The third-order valence-corrected chi connectivity index (χ3v) is 11.1. The molecule has 3 aliphatic rings. The molecule has 1 aliphatic carbocycles. The van der Waals surface area contributed by atoms with Gasteiger partial charge in [0.2, 0.25) is 6.23 Å². The van der Waals surface area contributed by atoms with Gasteiger partial charge >= 0.3 is 14.6 Å². The summed E-state index contributed by atoms with van der Waals surface area (Å²) in [5.41, 5.74) is 0.492. The number of hydrogen-bond acceptors (Lipinski definition) is 7. The molecule has 7 rings (SSSR count). The van der Waals surface area contributed by atoms with Crippen LogP contribution >= 0.6 is 11.3 Å². The van der Waals surface area contributed by atoms with Gasteiger partial charge in [-0.15, -0.1) is 11.3 Å². The lowest BCUT2D eigenvalue weighted by molar-refractivity contribution is -0.0893. The molecular formula is C33H38B2FN2O5S. The van der Waals surface area contributed by atoms with Gasteiger partial charge in [0.1, 0.15) is 11.6 Å². The maximum atomic E-state index is 16.2. The normalized spacial score (nSPS) is 20.9. The summed E-state index contributed by atoms with van der Waals surface area (Å²) in [6.45, 7) is 15.1. The maximum Gasteiger partial charge on any atom is 0.495 e. The van der Waals surface area contributed by atoms with E-state index < -0.39 is 41.6 Å². The number of halogens is 1. The molecule has 2 aromatic carbocycles. The third-order valence-electron chi connectivity index (χ3n) is 9.87. The molecule has 1 atom stereocenters. The summed E-state index contributed by atoms with van der Waals surface area (Å²) in [5, 5.41) is 12.6. The number of benzene rings is 2. The zero-order valence-corrected chi connectivity index (χ0v) is 27.3. The van der Waals surface area contributed by atoms with Crippen LogP contribution in [0.25, 0.3) is 22.2 Å². The minimum atomic E-state index is -1.04. The lowest BCUT2D eigenvalue weighted by Crippen LogP contribution is -2.49. The molecule has 2 aliphatic heterocycles. The molecule has 0 spiro atoms. The van der Waals surface area contributed by atoms with Crippen molar-refractivity contribution in [2.75, 3.05) is 0 Å². The first kappa shape index (κ1) is 30.0. The Labute approximate surface area is 263 Å². The number of aromatic nitrogens is 2. The van der Waals surface area contributed by atoms with Crippen molar-refractivity contribution in [2.45, 2.75) is 103 Å². The lowest BCUT2D eigenvalue weighted by Gasteiger charge is -2.37. The number of rotatable bonds is 7. The Kier molecular flexibility index (Phi) is 6.75. The Morgan fingerprint density at radius 1 is 1.07 bits per heavy atom. The summed E-state index contributed by atoms with van der Waals surface area (Å²) in [5.74, 6) is 0.558. The SMILES string of the molecule is CC(C)(O)C(C)(C)O[B]c1ccc2c(c1)cc1n2[C@H](c2cnc(C3CC3)s2)Oc2cc(B3OC(C)(C)C(C)(C)O3)cc(F)c2-1. The average molecular weight is 615 g/mol. The minimum absolute atomic E-state index is 0.398. The molecule has 1 saturated heterocycles. The molecule has 0 bridgehead atoms. The van der Waals surface area contributed by atoms with Crippen molar-refractivity contribution < 1.29 is 28.2 Å². The largest absolute Gasteiger partial charge is 0.495 e. The highest BCUT2D eigenvalue weighted by Gasteiger charge is 2.52. The Hall–Kier alpha value is -2.69. The molecule has 44 heavy (non-hydrogen) atoms. The molecule has 7 nitrogen and oxygen atoms in total. The van der Waals surface area contributed by atoms with Crippen LogP contribution in [0.1, 0.15) is 90.3 Å². The number of nitrogens with zero attached hydrogens (tertiary/aromatic N) is 2. The van der Waals surface area contributed by atoms with Gasteiger partial charge in [-0.3, -0.25) is 4.57 Å². The van der Waals surface area contributed by atoms with Crippen LogP contribution < -0.4 is 15.7 Å². The highest BCUT2D eigenvalue weighted by molar-refractivity contribution is 7.11. The first-order valence-corrected chi connectivity index (χ1v) is 16.1. The number of aliphatic hydroxyl groups is 1. The Balaban J connectivity index is 1.31. The second-order valence-electron chi connectivity index (χ2n) is 14.3. The molecule has 229 valence electrons. The fourth-order valence-corrected chi connectivity index (χ4v) is 6.59. The van der Waals surface area contributed by atoms with E-state index in [1.54, 1.807) is 32.7 Å². The molecule has 2 fully saturated rings. The Bertz CT molecular complexity index is 1760. The van der Waals surface area contributed by atoms with Crippen molar-refractivity contribution in [1.82, 2.24) is 9.55 Å². The molecule has 0 amide bonds. The average Bonchev–Trinajstić information content (AvgIpc) is 3.45. The van der Waals surface area contributed by atoms with Gasteiger partial charge in [-0.1, -0.05) is 17.6 Å². The zero-order chi connectivity index (χ0) is 31.4.